The third kappa shape index (κ3) is 4.76. The van der Waals surface area contributed by atoms with Gasteiger partial charge in [0.1, 0.15) is 5.75 Å². The van der Waals surface area contributed by atoms with E-state index in [1.165, 1.54) is 18.4 Å². The molecule has 1 fully saturated rings. The summed E-state index contributed by atoms with van der Waals surface area (Å²) in [6.45, 7) is 3.32. The maximum atomic E-state index is 11.7. The van der Waals surface area contributed by atoms with Gasteiger partial charge in [0.25, 0.3) is 0 Å². The summed E-state index contributed by atoms with van der Waals surface area (Å²) in [6, 6.07) is 8.36. The van der Waals surface area contributed by atoms with Gasteiger partial charge in [0, 0.05) is 12.6 Å². The van der Waals surface area contributed by atoms with Crippen LogP contribution in [0.1, 0.15) is 38.2 Å². The lowest BCUT2D eigenvalue weighted by Gasteiger charge is -2.13. The molecular formula is C16H24N2O2. The molecule has 0 atom stereocenters. The molecule has 0 aromatic heterocycles. The second-order valence-electron chi connectivity index (χ2n) is 5.21. The fourth-order valence-electron chi connectivity index (χ4n) is 2.55. The number of hydrogen-bond donors (Lipinski definition) is 2. The molecule has 0 spiro atoms. The summed E-state index contributed by atoms with van der Waals surface area (Å²) >= 11 is 0. The van der Waals surface area contributed by atoms with Crippen LogP contribution in [0.3, 0.4) is 0 Å². The first-order valence-electron chi connectivity index (χ1n) is 7.54. The quantitative estimate of drug-likeness (QED) is 0.839. The molecule has 4 nitrogen and oxygen atoms in total. The van der Waals surface area contributed by atoms with E-state index in [9.17, 15) is 4.79 Å². The second kappa shape index (κ2) is 7.78. The van der Waals surface area contributed by atoms with Crippen LogP contribution in [0.2, 0.25) is 0 Å². The smallest absolute Gasteiger partial charge is 0.315 e. The molecule has 4 heteroatoms. The topological polar surface area (TPSA) is 50.4 Å². The molecule has 0 saturated heterocycles. The Morgan fingerprint density at radius 1 is 1.25 bits per heavy atom. The predicted octanol–water partition coefficient (Wildman–Crippen LogP) is 2.87. The van der Waals surface area contributed by atoms with E-state index in [2.05, 4.69) is 10.6 Å². The number of carbonyl (C=O) groups excluding carboxylic acids is 1. The van der Waals surface area contributed by atoms with Crippen LogP contribution in [-0.4, -0.2) is 25.2 Å². The van der Waals surface area contributed by atoms with Crippen LogP contribution in [0.25, 0.3) is 0 Å². The number of urea groups is 1. The highest BCUT2D eigenvalue weighted by atomic mass is 16.5. The van der Waals surface area contributed by atoms with Crippen molar-refractivity contribution >= 4 is 6.03 Å². The van der Waals surface area contributed by atoms with E-state index in [1.807, 2.05) is 31.2 Å². The summed E-state index contributed by atoms with van der Waals surface area (Å²) in [7, 11) is 0. The summed E-state index contributed by atoms with van der Waals surface area (Å²) in [5.74, 6) is 0.892. The Morgan fingerprint density at radius 2 is 1.95 bits per heavy atom. The Labute approximate surface area is 120 Å². The monoisotopic (exact) mass is 276 g/mol. The average molecular weight is 276 g/mol. The zero-order valence-corrected chi connectivity index (χ0v) is 12.2. The van der Waals surface area contributed by atoms with E-state index < -0.39 is 0 Å². The van der Waals surface area contributed by atoms with Crippen LogP contribution in [0.5, 0.6) is 5.75 Å². The first-order valence-corrected chi connectivity index (χ1v) is 7.54. The van der Waals surface area contributed by atoms with E-state index in [4.69, 9.17) is 4.74 Å². The first-order chi connectivity index (χ1) is 9.78. The molecule has 2 N–H and O–H groups in total. The molecule has 0 bridgehead atoms. The molecule has 0 unspecified atom stereocenters. The number of hydrogen-bond acceptors (Lipinski definition) is 2. The van der Waals surface area contributed by atoms with Crippen LogP contribution < -0.4 is 15.4 Å². The zero-order chi connectivity index (χ0) is 14.2. The summed E-state index contributed by atoms with van der Waals surface area (Å²) in [5.41, 5.74) is 1.20. The van der Waals surface area contributed by atoms with Crippen molar-refractivity contribution in [2.45, 2.75) is 45.1 Å². The fraction of sp³-hybridized carbons (Fsp3) is 0.562. The van der Waals surface area contributed by atoms with Crippen molar-refractivity contribution < 1.29 is 9.53 Å². The SMILES string of the molecule is CCOc1ccc(CCNC(=O)NC2CCCC2)cc1. The molecule has 0 radical (unpaired) electrons. The zero-order valence-electron chi connectivity index (χ0n) is 12.2. The summed E-state index contributed by atoms with van der Waals surface area (Å²) in [6.07, 6.45) is 5.54. The van der Waals surface area contributed by atoms with Crippen LogP contribution in [0.4, 0.5) is 4.79 Å². The lowest BCUT2D eigenvalue weighted by Crippen LogP contribution is -2.41. The average Bonchev–Trinajstić information content (AvgIpc) is 2.94. The van der Waals surface area contributed by atoms with E-state index in [0.29, 0.717) is 19.2 Å². The number of rotatable bonds is 6. The van der Waals surface area contributed by atoms with Gasteiger partial charge in [-0.15, -0.1) is 0 Å². The second-order valence-corrected chi connectivity index (χ2v) is 5.21. The molecule has 110 valence electrons. The van der Waals surface area contributed by atoms with E-state index in [-0.39, 0.29) is 6.03 Å². The normalized spacial score (nSPS) is 15.1. The van der Waals surface area contributed by atoms with Crippen LogP contribution in [0, 0.1) is 0 Å². The van der Waals surface area contributed by atoms with Gasteiger partial charge in [0.15, 0.2) is 0 Å². The van der Waals surface area contributed by atoms with Crippen molar-refractivity contribution in [2.24, 2.45) is 0 Å². The minimum absolute atomic E-state index is 0.0390. The van der Waals surface area contributed by atoms with Crippen molar-refractivity contribution in [3.05, 3.63) is 29.8 Å². The van der Waals surface area contributed by atoms with Crippen molar-refractivity contribution in [2.75, 3.05) is 13.2 Å². The molecule has 1 aromatic rings. The molecule has 2 amide bonds. The van der Waals surface area contributed by atoms with Crippen molar-refractivity contribution in [3.63, 3.8) is 0 Å². The molecule has 1 saturated carbocycles. The Morgan fingerprint density at radius 3 is 2.60 bits per heavy atom. The third-order valence-electron chi connectivity index (χ3n) is 3.62. The van der Waals surface area contributed by atoms with Gasteiger partial charge in [-0.2, -0.15) is 0 Å². The Bertz CT molecular complexity index is 411. The van der Waals surface area contributed by atoms with Gasteiger partial charge in [-0.3, -0.25) is 0 Å². The molecular weight excluding hydrogens is 252 g/mol. The van der Waals surface area contributed by atoms with Crippen LogP contribution >= 0.6 is 0 Å². The Hall–Kier alpha value is -1.71. The maximum absolute atomic E-state index is 11.7. The van der Waals surface area contributed by atoms with Gasteiger partial charge < -0.3 is 15.4 Å². The molecule has 20 heavy (non-hydrogen) atoms. The van der Waals surface area contributed by atoms with E-state index >= 15 is 0 Å². The van der Waals surface area contributed by atoms with Crippen LogP contribution in [-0.2, 0) is 6.42 Å². The number of carbonyl (C=O) groups is 1. The van der Waals surface area contributed by atoms with Crippen molar-refractivity contribution in [1.82, 2.24) is 10.6 Å². The van der Waals surface area contributed by atoms with Gasteiger partial charge in [-0.25, -0.2) is 4.79 Å². The highest BCUT2D eigenvalue weighted by molar-refractivity contribution is 5.74. The minimum atomic E-state index is -0.0390. The van der Waals surface area contributed by atoms with Gasteiger partial charge in [-0.1, -0.05) is 25.0 Å². The lowest BCUT2D eigenvalue weighted by atomic mass is 10.1. The largest absolute Gasteiger partial charge is 0.494 e. The Kier molecular flexibility index (Phi) is 5.71. The summed E-state index contributed by atoms with van der Waals surface area (Å²) < 4.78 is 5.40. The van der Waals surface area contributed by atoms with Gasteiger partial charge in [0.2, 0.25) is 0 Å². The first kappa shape index (κ1) is 14.7. The predicted molar refractivity (Wildman–Crippen MR) is 80.1 cm³/mol. The maximum Gasteiger partial charge on any atom is 0.315 e. The highest BCUT2D eigenvalue weighted by Gasteiger charge is 2.16. The molecule has 0 aliphatic heterocycles. The van der Waals surface area contributed by atoms with Gasteiger partial charge in [0.05, 0.1) is 6.61 Å². The Balaban J connectivity index is 1.65. The van der Waals surface area contributed by atoms with Crippen molar-refractivity contribution in [1.29, 1.82) is 0 Å². The number of benzene rings is 1. The molecule has 1 aliphatic rings. The highest BCUT2D eigenvalue weighted by Crippen LogP contribution is 2.17. The molecule has 1 aromatic carbocycles. The van der Waals surface area contributed by atoms with Gasteiger partial charge in [-0.05, 0) is 43.9 Å². The van der Waals surface area contributed by atoms with Crippen LogP contribution in [0.15, 0.2) is 24.3 Å². The summed E-state index contributed by atoms with van der Waals surface area (Å²) in [5, 5.41) is 5.94. The molecule has 2 rings (SSSR count). The van der Waals surface area contributed by atoms with Gasteiger partial charge >= 0.3 is 6.03 Å². The molecule has 1 aliphatic carbocycles. The van der Waals surface area contributed by atoms with Crippen molar-refractivity contribution in [3.8, 4) is 5.75 Å². The lowest BCUT2D eigenvalue weighted by molar-refractivity contribution is 0.237. The number of nitrogens with one attached hydrogen (secondary N) is 2. The third-order valence-corrected chi connectivity index (χ3v) is 3.62. The minimum Gasteiger partial charge on any atom is -0.494 e. The van der Waals surface area contributed by atoms with E-state index in [0.717, 1.165) is 25.0 Å². The molecule has 0 heterocycles. The standard InChI is InChI=1S/C16H24N2O2/c1-2-20-15-9-7-13(8-10-15)11-12-17-16(19)18-14-5-3-4-6-14/h7-10,14H,2-6,11-12H2,1H3,(H2,17,18,19). The number of amides is 2. The number of ether oxygens (including phenoxy) is 1. The summed E-state index contributed by atoms with van der Waals surface area (Å²) in [4.78, 5) is 11.7. The van der Waals surface area contributed by atoms with E-state index in [1.54, 1.807) is 0 Å². The fourth-order valence-corrected chi connectivity index (χ4v) is 2.55.